The highest BCUT2D eigenvalue weighted by atomic mass is 16.5. The number of rotatable bonds is 6. The number of ether oxygens (including phenoxy) is 1. The fourth-order valence-electron chi connectivity index (χ4n) is 3.41. The highest BCUT2D eigenvalue weighted by Crippen LogP contribution is 2.37. The van der Waals surface area contributed by atoms with Gasteiger partial charge >= 0.3 is 5.97 Å². The van der Waals surface area contributed by atoms with Crippen LogP contribution in [-0.4, -0.2) is 41.6 Å². The predicted molar refractivity (Wildman–Crippen MR) is 84.6 cm³/mol. The summed E-state index contributed by atoms with van der Waals surface area (Å²) in [6, 6.07) is 10.0. The molecule has 0 radical (unpaired) electrons. The average Bonchev–Trinajstić information content (AvgIpc) is 2.95. The number of amides is 1. The number of benzene rings is 1. The minimum atomic E-state index is -0.837. The first-order chi connectivity index (χ1) is 11.1. The summed E-state index contributed by atoms with van der Waals surface area (Å²) in [6.45, 7) is 2.65. The van der Waals surface area contributed by atoms with Crippen LogP contribution in [0.25, 0.3) is 0 Å². The van der Waals surface area contributed by atoms with Crippen molar-refractivity contribution in [2.75, 3.05) is 19.7 Å². The summed E-state index contributed by atoms with van der Waals surface area (Å²) < 4.78 is 5.76. The third kappa shape index (κ3) is 3.72. The summed E-state index contributed by atoms with van der Waals surface area (Å²) in [7, 11) is 0. The number of hydrogen-bond donors (Lipinski definition) is 1. The van der Waals surface area contributed by atoms with Crippen molar-refractivity contribution in [2.24, 2.45) is 17.8 Å². The normalized spacial score (nSPS) is 26.8. The molecule has 1 amide bonds. The van der Waals surface area contributed by atoms with Crippen LogP contribution in [0.5, 0.6) is 0 Å². The first-order valence-corrected chi connectivity index (χ1v) is 8.28. The standard InChI is InChI=1S/C18H23NO4/c20-17(15-6-7-16(15)18(21)22)19-9-8-14(10-19)12-23-11-13-4-2-1-3-5-13/h1-5,14-16H,6-12H2,(H,21,22). The van der Waals surface area contributed by atoms with Crippen LogP contribution in [0.2, 0.25) is 0 Å². The number of carbonyl (C=O) groups is 2. The van der Waals surface area contributed by atoms with E-state index in [9.17, 15) is 9.59 Å². The molecule has 1 heterocycles. The minimum Gasteiger partial charge on any atom is -0.481 e. The van der Waals surface area contributed by atoms with Crippen LogP contribution in [0.1, 0.15) is 24.8 Å². The lowest BCUT2D eigenvalue weighted by molar-refractivity contribution is -0.156. The SMILES string of the molecule is O=C(O)C1CCC1C(=O)N1CCC(COCc2ccccc2)C1. The van der Waals surface area contributed by atoms with Crippen molar-refractivity contribution in [2.45, 2.75) is 25.9 Å². The summed E-state index contributed by atoms with van der Waals surface area (Å²) in [4.78, 5) is 25.3. The Bertz CT molecular complexity index is 559. The zero-order valence-corrected chi connectivity index (χ0v) is 13.2. The van der Waals surface area contributed by atoms with Crippen molar-refractivity contribution < 1.29 is 19.4 Å². The van der Waals surface area contributed by atoms with Crippen molar-refractivity contribution in [3.05, 3.63) is 35.9 Å². The summed E-state index contributed by atoms with van der Waals surface area (Å²) in [6.07, 6.45) is 2.27. The van der Waals surface area contributed by atoms with E-state index >= 15 is 0 Å². The van der Waals surface area contributed by atoms with E-state index in [1.807, 2.05) is 35.2 Å². The number of carbonyl (C=O) groups excluding carboxylic acids is 1. The lowest BCUT2D eigenvalue weighted by atomic mass is 9.73. The van der Waals surface area contributed by atoms with Gasteiger partial charge < -0.3 is 14.7 Å². The van der Waals surface area contributed by atoms with Crippen LogP contribution in [0.15, 0.2) is 30.3 Å². The van der Waals surface area contributed by atoms with Crippen LogP contribution >= 0.6 is 0 Å². The molecular formula is C18H23NO4. The molecule has 124 valence electrons. The number of aliphatic carboxylic acids is 1. The second-order valence-electron chi connectivity index (χ2n) is 6.57. The third-order valence-electron chi connectivity index (χ3n) is 4.97. The first kappa shape index (κ1) is 16.0. The van der Waals surface area contributed by atoms with E-state index in [0.29, 0.717) is 38.5 Å². The molecule has 1 aliphatic heterocycles. The van der Waals surface area contributed by atoms with Gasteiger partial charge in [0.25, 0.3) is 0 Å². The fraction of sp³-hybridized carbons (Fsp3) is 0.556. The maximum absolute atomic E-state index is 12.4. The Morgan fingerprint density at radius 3 is 2.52 bits per heavy atom. The van der Waals surface area contributed by atoms with Gasteiger partial charge in [0.2, 0.25) is 5.91 Å². The largest absolute Gasteiger partial charge is 0.481 e. The summed E-state index contributed by atoms with van der Waals surface area (Å²) in [5.74, 6) is -1.25. The predicted octanol–water partition coefficient (Wildman–Crippen LogP) is 2.16. The molecule has 23 heavy (non-hydrogen) atoms. The Labute approximate surface area is 136 Å². The van der Waals surface area contributed by atoms with Crippen molar-refractivity contribution >= 4 is 11.9 Å². The molecule has 2 aliphatic rings. The molecule has 0 bridgehead atoms. The number of carboxylic acid groups (broad SMARTS) is 1. The first-order valence-electron chi connectivity index (χ1n) is 8.28. The number of hydrogen-bond acceptors (Lipinski definition) is 3. The van der Waals surface area contributed by atoms with Crippen LogP contribution in [0.3, 0.4) is 0 Å². The maximum atomic E-state index is 12.4. The molecule has 1 saturated heterocycles. The molecule has 0 spiro atoms. The zero-order valence-electron chi connectivity index (χ0n) is 13.2. The van der Waals surface area contributed by atoms with Crippen molar-refractivity contribution in [3.63, 3.8) is 0 Å². The molecule has 1 aromatic rings. The van der Waals surface area contributed by atoms with E-state index < -0.39 is 11.9 Å². The summed E-state index contributed by atoms with van der Waals surface area (Å²) in [5, 5.41) is 9.08. The van der Waals surface area contributed by atoms with Gasteiger partial charge in [-0.1, -0.05) is 30.3 Å². The van der Waals surface area contributed by atoms with Gasteiger partial charge in [-0.25, -0.2) is 0 Å². The topological polar surface area (TPSA) is 66.8 Å². The van der Waals surface area contributed by atoms with Crippen LogP contribution in [0.4, 0.5) is 0 Å². The fourth-order valence-corrected chi connectivity index (χ4v) is 3.41. The molecule has 1 saturated carbocycles. The van der Waals surface area contributed by atoms with E-state index in [1.165, 1.54) is 0 Å². The molecular weight excluding hydrogens is 294 g/mol. The van der Waals surface area contributed by atoms with Gasteiger partial charge in [0.1, 0.15) is 0 Å². The van der Waals surface area contributed by atoms with Crippen molar-refractivity contribution in [1.29, 1.82) is 0 Å². The molecule has 3 unspecified atom stereocenters. The van der Waals surface area contributed by atoms with Gasteiger partial charge in [0.05, 0.1) is 25.0 Å². The van der Waals surface area contributed by atoms with Gasteiger partial charge in [-0.05, 0) is 24.8 Å². The van der Waals surface area contributed by atoms with Crippen LogP contribution in [-0.2, 0) is 20.9 Å². The van der Waals surface area contributed by atoms with Gasteiger partial charge in [-0.3, -0.25) is 9.59 Å². The van der Waals surface area contributed by atoms with Crippen LogP contribution in [0, 0.1) is 17.8 Å². The molecule has 3 rings (SSSR count). The molecule has 3 atom stereocenters. The molecule has 5 heteroatoms. The number of nitrogens with zero attached hydrogens (tertiary/aromatic N) is 1. The van der Waals surface area contributed by atoms with E-state index in [-0.39, 0.29) is 11.8 Å². The smallest absolute Gasteiger partial charge is 0.307 e. The third-order valence-corrected chi connectivity index (χ3v) is 4.97. The molecule has 2 fully saturated rings. The lowest BCUT2D eigenvalue weighted by Gasteiger charge is -2.35. The van der Waals surface area contributed by atoms with E-state index in [1.54, 1.807) is 0 Å². The Morgan fingerprint density at radius 2 is 1.87 bits per heavy atom. The second kappa shape index (κ2) is 7.13. The summed E-state index contributed by atoms with van der Waals surface area (Å²) >= 11 is 0. The van der Waals surface area contributed by atoms with Crippen molar-refractivity contribution in [1.82, 2.24) is 4.90 Å². The van der Waals surface area contributed by atoms with Gasteiger partial charge in [-0.15, -0.1) is 0 Å². The lowest BCUT2D eigenvalue weighted by Crippen LogP contribution is -2.45. The summed E-state index contributed by atoms with van der Waals surface area (Å²) in [5.41, 5.74) is 1.15. The monoisotopic (exact) mass is 317 g/mol. The molecule has 1 aliphatic carbocycles. The molecule has 1 aromatic carbocycles. The molecule has 1 N–H and O–H groups in total. The van der Waals surface area contributed by atoms with Gasteiger partial charge in [0.15, 0.2) is 0 Å². The van der Waals surface area contributed by atoms with E-state index in [4.69, 9.17) is 9.84 Å². The average molecular weight is 317 g/mol. The Kier molecular flexibility index (Phi) is 4.96. The molecule has 5 nitrogen and oxygen atoms in total. The van der Waals surface area contributed by atoms with Gasteiger partial charge in [0, 0.05) is 19.0 Å². The molecule has 0 aromatic heterocycles. The van der Waals surface area contributed by atoms with E-state index in [2.05, 4.69) is 0 Å². The highest BCUT2D eigenvalue weighted by Gasteiger charge is 2.44. The van der Waals surface area contributed by atoms with Crippen LogP contribution < -0.4 is 0 Å². The van der Waals surface area contributed by atoms with E-state index in [0.717, 1.165) is 18.5 Å². The highest BCUT2D eigenvalue weighted by molar-refractivity contribution is 5.86. The minimum absolute atomic E-state index is 0.0224. The maximum Gasteiger partial charge on any atom is 0.307 e. The zero-order chi connectivity index (χ0) is 16.2. The Morgan fingerprint density at radius 1 is 1.13 bits per heavy atom. The number of carboxylic acids is 1. The van der Waals surface area contributed by atoms with Crippen molar-refractivity contribution in [3.8, 4) is 0 Å². The Balaban J connectivity index is 1.42. The Hall–Kier alpha value is -1.88. The quantitative estimate of drug-likeness (QED) is 0.873. The van der Waals surface area contributed by atoms with Gasteiger partial charge in [-0.2, -0.15) is 0 Å². The second-order valence-corrected chi connectivity index (χ2v) is 6.57. The number of likely N-dealkylation sites (tertiary alicyclic amines) is 1.